The second-order valence-electron chi connectivity index (χ2n) is 7.23. The largest absolute Gasteiger partial charge is 0.376 e. The molecule has 0 bridgehead atoms. The van der Waals surface area contributed by atoms with Gasteiger partial charge in [0.25, 0.3) is 0 Å². The van der Waals surface area contributed by atoms with Crippen LogP contribution >= 0.6 is 11.8 Å². The van der Waals surface area contributed by atoms with Gasteiger partial charge in [-0.05, 0) is 47.5 Å². The summed E-state index contributed by atoms with van der Waals surface area (Å²) in [5.41, 5.74) is 2.09. The summed E-state index contributed by atoms with van der Waals surface area (Å²) in [5, 5.41) is 3.67. The van der Waals surface area contributed by atoms with E-state index in [0.717, 1.165) is 42.5 Å². The van der Waals surface area contributed by atoms with Crippen LogP contribution in [0.4, 0.5) is 0 Å². The highest BCUT2D eigenvalue weighted by Crippen LogP contribution is 2.24. The fourth-order valence-electron chi connectivity index (χ4n) is 3.08. The predicted molar refractivity (Wildman–Crippen MR) is 107 cm³/mol. The number of nitrogens with one attached hydrogen (secondary N) is 1. The molecule has 0 saturated carbocycles. The zero-order valence-electron chi connectivity index (χ0n) is 17.1. The average molecular weight is 397 g/mol. The molecule has 0 radical (unpaired) electrons. The van der Waals surface area contributed by atoms with E-state index in [0.29, 0.717) is 6.54 Å². The Morgan fingerprint density at radius 3 is 2.74 bits per heavy atom. The summed E-state index contributed by atoms with van der Waals surface area (Å²) in [6, 6.07) is 0.0666. The first-order chi connectivity index (χ1) is 12.8. The number of likely N-dealkylation sites (N-methyl/N-ethyl adjacent to an activating group) is 1. The lowest BCUT2D eigenvalue weighted by Gasteiger charge is -2.21. The van der Waals surface area contributed by atoms with Gasteiger partial charge in [0.1, 0.15) is 0 Å². The van der Waals surface area contributed by atoms with Gasteiger partial charge in [-0.15, -0.1) is 0 Å². The number of aromatic nitrogens is 2. The first-order valence-electron chi connectivity index (χ1n) is 9.67. The summed E-state index contributed by atoms with van der Waals surface area (Å²) in [6.07, 6.45) is 2.38. The topological polar surface area (TPSA) is 76.5 Å². The number of hydrogen-bond donors (Lipinski definition) is 1. The van der Waals surface area contributed by atoms with Gasteiger partial charge in [0.05, 0.1) is 30.6 Å². The summed E-state index contributed by atoms with van der Waals surface area (Å²) in [6.45, 7) is 11.9. The standard InChI is InChI=1S/C19H32N4O3S/c1-6-22(11-17(24)20-13(2)3)18(25)12-27-19-21-14(4)15(5)23(19)10-16-8-7-9-26-16/h13,16H,6-12H2,1-5H3,(H,20,24). The SMILES string of the molecule is CCN(CC(=O)NC(C)C)C(=O)CSc1nc(C)c(C)n1CC1CCCO1. The van der Waals surface area contributed by atoms with E-state index >= 15 is 0 Å². The van der Waals surface area contributed by atoms with Crippen LogP contribution in [-0.4, -0.2) is 63.9 Å². The molecule has 8 heteroatoms. The van der Waals surface area contributed by atoms with Gasteiger partial charge >= 0.3 is 0 Å². The van der Waals surface area contributed by atoms with Crippen molar-refractivity contribution in [3.05, 3.63) is 11.4 Å². The zero-order chi connectivity index (χ0) is 20.0. The van der Waals surface area contributed by atoms with E-state index in [2.05, 4.69) is 21.8 Å². The summed E-state index contributed by atoms with van der Waals surface area (Å²) in [7, 11) is 0. The van der Waals surface area contributed by atoms with Crippen LogP contribution in [0.15, 0.2) is 5.16 Å². The number of ether oxygens (including phenoxy) is 1. The van der Waals surface area contributed by atoms with E-state index < -0.39 is 0 Å². The lowest BCUT2D eigenvalue weighted by Crippen LogP contribution is -2.43. The average Bonchev–Trinajstić information content (AvgIpc) is 3.21. The van der Waals surface area contributed by atoms with Gasteiger partial charge in [-0.25, -0.2) is 4.98 Å². The number of imidazole rings is 1. The van der Waals surface area contributed by atoms with Crippen LogP contribution in [0.25, 0.3) is 0 Å². The van der Waals surface area contributed by atoms with E-state index in [4.69, 9.17) is 4.74 Å². The van der Waals surface area contributed by atoms with E-state index in [9.17, 15) is 9.59 Å². The minimum atomic E-state index is -0.128. The normalized spacial score (nSPS) is 16.7. The van der Waals surface area contributed by atoms with Gasteiger partial charge in [-0.3, -0.25) is 9.59 Å². The highest BCUT2D eigenvalue weighted by Gasteiger charge is 2.22. The van der Waals surface area contributed by atoms with E-state index in [1.165, 1.54) is 11.8 Å². The number of amides is 2. The molecule has 1 aromatic heterocycles. The van der Waals surface area contributed by atoms with Crippen LogP contribution in [0.3, 0.4) is 0 Å². The van der Waals surface area contributed by atoms with Crippen LogP contribution < -0.4 is 5.32 Å². The molecule has 27 heavy (non-hydrogen) atoms. The number of thioether (sulfide) groups is 1. The Labute approximate surface area is 166 Å². The van der Waals surface area contributed by atoms with Crippen LogP contribution in [0, 0.1) is 13.8 Å². The second kappa shape index (κ2) is 10.1. The van der Waals surface area contributed by atoms with Gasteiger partial charge in [0.15, 0.2) is 5.16 Å². The Kier molecular flexibility index (Phi) is 8.16. The molecule has 1 saturated heterocycles. The molecule has 1 unspecified atom stereocenters. The van der Waals surface area contributed by atoms with Crippen molar-refractivity contribution in [3.8, 4) is 0 Å². The van der Waals surface area contributed by atoms with E-state index in [1.54, 1.807) is 4.90 Å². The molecule has 1 aromatic rings. The second-order valence-corrected chi connectivity index (χ2v) is 8.17. The minimum Gasteiger partial charge on any atom is -0.376 e. The van der Waals surface area contributed by atoms with Crippen molar-refractivity contribution < 1.29 is 14.3 Å². The van der Waals surface area contributed by atoms with E-state index in [-0.39, 0.29) is 36.3 Å². The lowest BCUT2D eigenvalue weighted by molar-refractivity contribution is -0.134. The van der Waals surface area contributed by atoms with Crippen molar-refractivity contribution in [2.24, 2.45) is 0 Å². The van der Waals surface area contributed by atoms with Gasteiger partial charge in [0, 0.05) is 24.9 Å². The molecule has 2 amide bonds. The molecule has 0 aromatic carbocycles. The third-order valence-electron chi connectivity index (χ3n) is 4.68. The van der Waals surface area contributed by atoms with Crippen molar-refractivity contribution in [1.29, 1.82) is 0 Å². The number of carbonyl (C=O) groups is 2. The van der Waals surface area contributed by atoms with Gasteiger partial charge in [-0.2, -0.15) is 0 Å². The van der Waals surface area contributed by atoms with Gasteiger partial charge in [0.2, 0.25) is 11.8 Å². The molecule has 0 aliphatic carbocycles. The Morgan fingerprint density at radius 1 is 1.41 bits per heavy atom. The number of nitrogens with zero attached hydrogens (tertiary/aromatic N) is 3. The summed E-state index contributed by atoms with van der Waals surface area (Å²) >= 11 is 1.43. The maximum Gasteiger partial charge on any atom is 0.239 e. The Morgan fingerprint density at radius 2 is 2.15 bits per heavy atom. The predicted octanol–water partition coefficient (Wildman–Crippen LogP) is 2.14. The summed E-state index contributed by atoms with van der Waals surface area (Å²) in [5.74, 6) is 0.0877. The highest BCUT2D eigenvalue weighted by molar-refractivity contribution is 7.99. The van der Waals surface area contributed by atoms with Crippen LogP contribution in [0.5, 0.6) is 0 Å². The Bertz CT molecular complexity index is 654. The van der Waals surface area contributed by atoms with Crippen LogP contribution in [-0.2, 0) is 20.9 Å². The Balaban J connectivity index is 1.96. The minimum absolute atomic E-state index is 0.0524. The van der Waals surface area contributed by atoms with Gasteiger partial charge < -0.3 is 19.5 Å². The molecule has 1 fully saturated rings. The van der Waals surface area contributed by atoms with Crippen molar-refractivity contribution in [3.63, 3.8) is 0 Å². The highest BCUT2D eigenvalue weighted by atomic mass is 32.2. The Hall–Kier alpha value is -1.54. The molecule has 0 spiro atoms. The molecule has 2 rings (SSSR count). The molecule has 1 atom stereocenters. The maximum absolute atomic E-state index is 12.6. The molecule has 1 N–H and O–H groups in total. The first kappa shape index (κ1) is 21.8. The monoisotopic (exact) mass is 396 g/mol. The number of rotatable bonds is 9. The third kappa shape index (κ3) is 6.24. The van der Waals surface area contributed by atoms with E-state index in [1.807, 2.05) is 27.7 Å². The van der Waals surface area contributed by atoms with Crippen LogP contribution in [0.1, 0.15) is 45.0 Å². The quantitative estimate of drug-likeness (QED) is 0.647. The maximum atomic E-state index is 12.6. The van der Waals surface area contributed by atoms with Crippen LogP contribution in [0.2, 0.25) is 0 Å². The molecule has 1 aliphatic rings. The number of hydrogen-bond acceptors (Lipinski definition) is 5. The van der Waals surface area contributed by atoms with Crippen molar-refractivity contribution in [2.75, 3.05) is 25.4 Å². The molecular weight excluding hydrogens is 364 g/mol. The summed E-state index contributed by atoms with van der Waals surface area (Å²) in [4.78, 5) is 30.7. The molecular formula is C19H32N4O3S. The lowest BCUT2D eigenvalue weighted by atomic mass is 10.2. The molecule has 2 heterocycles. The summed E-state index contributed by atoms with van der Waals surface area (Å²) < 4.78 is 7.91. The van der Waals surface area contributed by atoms with Crippen molar-refractivity contribution >= 4 is 23.6 Å². The first-order valence-corrected chi connectivity index (χ1v) is 10.7. The molecule has 152 valence electrons. The number of aryl methyl sites for hydroxylation is 1. The fourth-order valence-corrected chi connectivity index (χ4v) is 4.08. The van der Waals surface area contributed by atoms with Gasteiger partial charge in [-0.1, -0.05) is 11.8 Å². The smallest absolute Gasteiger partial charge is 0.239 e. The fraction of sp³-hybridized carbons (Fsp3) is 0.737. The molecule has 7 nitrogen and oxygen atoms in total. The van der Waals surface area contributed by atoms with Crippen molar-refractivity contribution in [2.45, 2.75) is 71.3 Å². The third-order valence-corrected chi connectivity index (χ3v) is 5.64. The zero-order valence-corrected chi connectivity index (χ0v) is 17.9. The molecule has 1 aliphatic heterocycles. The number of carbonyl (C=O) groups excluding carboxylic acids is 2. The van der Waals surface area contributed by atoms with Crippen molar-refractivity contribution in [1.82, 2.24) is 19.8 Å².